The molecule has 1 saturated carbocycles. The molecule has 1 amide bonds. The van der Waals surface area contributed by atoms with Crippen LogP contribution in [0.2, 0.25) is 0 Å². The summed E-state index contributed by atoms with van der Waals surface area (Å²) in [6.45, 7) is 1.10. The van der Waals surface area contributed by atoms with E-state index in [0.29, 0.717) is 30.8 Å². The van der Waals surface area contributed by atoms with Crippen molar-refractivity contribution in [2.45, 2.75) is 54.7 Å². The molecule has 9 heteroatoms. The average Bonchev–Trinajstić information content (AvgIpc) is 3.15. The summed E-state index contributed by atoms with van der Waals surface area (Å²) in [6.07, 6.45) is 4.01. The van der Waals surface area contributed by atoms with E-state index in [2.05, 4.69) is 5.32 Å². The number of hydrogen-bond acceptors (Lipinski definition) is 5. The van der Waals surface area contributed by atoms with Crippen LogP contribution in [0, 0.1) is 0 Å². The average molecular weight is 386 g/mol. The van der Waals surface area contributed by atoms with Crippen molar-refractivity contribution in [2.24, 2.45) is 0 Å². The number of thiophene rings is 1. The van der Waals surface area contributed by atoms with Gasteiger partial charge in [-0.3, -0.25) is 9.59 Å². The first-order valence-corrected chi connectivity index (χ1v) is 10.7. The van der Waals surface area contributed by atoms with E-state index in [9.17, 15) is 18.0 Å². The second-order valence-electron chi connectivity index (χ2n) is 6.76. The topological polar surface area (TPSA) is 104 Å². The van der Waals surface area contributed by atoms with Crippen LogP contribution < -0.4 is 5.32 Å². The van der Waals surface area contributed by atoms with Crippen molar-refractivity contribution in [3.63, 3.8) is 0 Å². The highest BCUT2D eigenvalue weighted by molar-refractivity contribution is 7.91. The second kappa shape index (κ2) is 7.05. The fourth-order valence-electron chi connectivity index (χ4n) is 3.38. The number of carboxylic acid groups (broad SMARTS) is 1. The standard InChI is InChI=1S/C16H22N2O5S2/c19-13(17-16(6-3-7-16)11-14(20)21)10-12-4-5-15(24-12)25(22,23)18-8-1-2-9-18/h4-5H,1-3,6-11H2,(H,17,19)(H,20,21). The van der Waals surface area contributed by atoms with Gasteiger partial charge in [0.1, 0.15) is 4.21 Å². The Morgan fingerprint density at radius 1 is 1.20 bits per heavy atom. The molecular weight excluding hydrogens is 364 g/mol. The number of nitrogens with one attached hydrogen (secondary N) is 1. The van der Waals surface area contributed by atoms with Crippen LogP contribution in [0.25, 0.3) is 0 Å². The Morgan fingerprint density at radius 2 is 1.88 bits per heavy atom. The first kappa shape index (κ1) is 18.3. The highest BCUT2D eigenvalue weighted by Gasteiger charge is 2.40. The molecule has 1 aromatic rings. The van der Waals surface area contributed by atoms with Crippen molar-refractivity contribution >= 4 is 33.2 Å². The molecule has 0 aromatic carbocycles. The van der Waals surface area contributed by atoms with Gasteiger partial charge in [0.2, 0.25) is 5.91 Å². The number of aliphatic carboxylic acids is 1. The summed E-state index contributed by atoms with van der Waals surface area (Å²) < 4.78 is 26.8. The first-order valence-electron chi connectivity index (χ1n) is 8.42. The Balaban J connectivity index is 1.63. The van der Waals surface area contributed by atoms with Crippen LogP contribution in [0.5, 0.6) is 0 Å². The van der Waals surface area contributed by atoms with Gasteiger partial charge in [-0.2, -0.15) is 4.31 Å². The Hall–Kier alpha value is -1.45. The van der Waals surface area contributed by atoms with Gasteiger partial charge >= 0.3 is 5.97 Å². The smallest absolute Gasteiger partial charge is 0.305 e. The summed E-state index contributed by atoms with van der Waals surface area (Å²) >= 11 is 1.11. The molecular formula is C16H22N2O5S2. The molecule has 2 N–H and O–H groups in total. The molecule has 1 aromatic heterocycles. The summed E-state index contributed by atoms with van der Waals surface area (Å²) in [5, 5.41) is 11.8. The van der Waals surface area contributed by atoms with Gasteiger partial charge in [-0.1, -0.05) is 0 Å². The second-order valence-corrected chi connectivity index (χ2v) is 10.1. The molecule has 1 aliphatic carbocycles. The van der Waals surface area contributed by atoms with Crippen LogP contribution in [0.3, 0.4) is 0 Å². The Kier molecular flexibility index (Phi) is 5.17. The van der Waals surface area contributed by atoms with E-state index in [4.69, 9.17) is 5.11 Å². The van der Waals surface area contributed by atoms with Crippen LogP contribution in [-0.4, -0.2) is 48.3 Å². The number of carbonyl (C=O) groups excluding carboxylic acids is 1. The first-order chi connectivity index (χ1) is 11.8. The minimum atomic E-state index is -3.46. The van der Waals surface area contributed by atoms with Gasteiger partial charge in [0, 0.05) is 18.0 Å². The third-order valence-electron chi connectivity index (χ3n) is 4.84. The van der Waals surface area contributed by atoms with E-state index in [-0.39, 0.29) is 23.0 Å². The lowest BCUT2D eigenvalue weighted by Crippen LogP contribution is -2.55. The minimum absolute atomic E-state index is 0.0710. The molecule has 2 aliphatic rings. The van der Waals surface area contributed by atoms with Crippen LogP contribution >= 0.6 is 11.3 Å². The monoisotopic (exact) mass is 386 g/mol. The number of carbonyl (C=O) groups is 2. The number of sulfonamides is 1. The van der Waals surface area contributed by atoms with Crippen molar-refractivity contribution in [1.29, 1.82) is 0 Å². The predicted molar refractivity (Wildman–Crippen MR) is 93.0 cm³/mol. The highest BCUT2D eigenvalue weighted by atomic mass is 32.2. The molecule has 0 radical (unpaired) electrons. The normalized spacial score (nSPS) is 20.2. The lowest BCUT2D eigenvalue weighted by Gasteiger charge is -2.41. The number of nitrogens with zero attached hydrogens (tertiary/aromatic N) is 1. The van der Waals surface area contributed by atoms with E-state index in [0.717, 1.165) is 30.6 Å². The maximum absolute atomic E-state index is 12.5. The SMILES string of the molecule is O=C(O)CC1(NC(=O)Cc2ccc(S(=O)(=O)N3CCCC3)s2)CCC1. The number of amides is 1. The fourth-order valence-corrected chi connectivity index (χ4v) is 6.41. The molecule has 1 saturated heterocycles. The van der Waals surface area contributed by atoms with Crippen LogP contribution in [0.4, 0.5) is 0 Å². The van der Waals surface area contributed by atoms with E-state index >= 15 is 0 Å². The summed E-state index contributed by atoms with van der Waals surface area (Å²) in [4.78, 5) is 23.9. The van der Waals surface area contributed by atoms with Crippen molar-refractivity contribution in [2.75, 3.05) is 13.1 Å². The van der Waals surface area contributed by atoms with E-state index in [1.165, 1.54) is 4.31 Å². The molecule has 2 heterocycles. The molecule has 7 nitrogen and oxygen atoms in total. The number of carboxylic acids is 1. The van der Waals surface area contributed by atoms with Gasteiger partial charge in [-0.15, -0.1) is 11.3 Å². The maximum atomic E-state index is 12.5. The van der Waals surface area contributed by atoms with Crippen molar-refractivity contribution in [3.8, 4) is 0 Å². The number of hydrogen-bond donors (Lipinski definition) is 2. The molecule has 1 aliphatic heterocycles. The number of rotatable bonds is 7. The van der Waals surface area contributed by atoms with Crippen molar-refractivity contribution in [3.05, 3.63) is 17.0 Å². The summed E-state index contributed by atoms with van der Waals surface area (Å²) in [5.41, 5.74) is -0.634. The Bertz CT molecular complexity index is 761. The van der Waals surface area contributed by atoms with Gasteiger partial charge in [-0.05, 0) is 44.2 Å². The van der Waals surface area contributed by atoms with Gasteiger partial charge in [0.05, 0.1) is 18.4 Å². The third-order valence-corrected chi connectivity index (χ3v) is 8.29. The summed E-state index contributed by atoms with van der Waals surface area (Å²) in [5.74, 6) is -1.18. The molecule has 138 valence electrons. The molecule has 2 fully saturated rings. The lowest BCUT2D eigenvalue weighted by molar-refractivity contribution is -0.140. The lowest BCUT2D eigenvalue weighted by atomic mass is 9.74. The van der Waals surface area contributed by atoms with Crippen LogP contribution in [-0.2, 0) is 26.0 Å². The summed E-state index contributed by atoms with van der Waals surface area (Å²) in [6, 6.07) is 3.22. The molecule has 0 atom stereocenters. The van der Waals surface area contributed by atoms with Crippen molar-refractivity contribution in [1.82, 2.24) is 9.62 Å². The van der Waals surface area contributed by atoms with Gasteiger partial charge < -0.3 is 10.4 Å². The Morgan fingerprint density at radius 3 is 2.44 bits per heavy atom. The Labute approximate surface area is 151 Å². The van der Waals surface area contributed by atoms with Crippen LogP contribution in [0.1, 0.15) is 43.4 Å². The zero-order valence-corrected chi connectivity index (χ0v) is 15.5. The molecule has 0 spiro atoms. The minimum Gasteiger partial charge on any atom is -0.481 e. The fraction of sp³-hybridized carbons (Fsp3) is 0.625. The quantitative estimate of drug-likeness (QED) is 0.741. The van der Waals surface area contributed by atoms with Gasteiger partial charge in [0.15, 0.2) is 0 Å². The molecule has 3 rings (SSSR count). The predicted octanol–water partition coefficient (Wildman–Crippen LogP) is 1.59. The largest absolute Gasteiger partial charge is 0.481 e. The highest BCUT2D eigenvalue weighted by Crippen LogP contribution is 2.35. The van der Waals surface area contributed by atoms with Crippen LogP contribution in [0.15, 0.2) is 16.3 Å². The van der Waals surface area contributed by atoms with E-state index < -0.39 is 21.5 Å². The third kappa shape index (κ3) is 4.04. The maximum Gasteiger partial charge on any atom is 0.305 e. The van der Waals surface area contributed by atoms with E-state index in [1.54, 1.807) is 12.1 Å². The molecule has 25 heavy (non-hydrogen) atoms. The van der Waals surface area contributed by atoms with Crippen molar-refractivity contribution < 1.29 is 23.1 Å². The van der Waals surface area contributed by atoms with Gasteiger partial charge in [0.25, 0.3) is 10.0 Å². The zero-order chi connectivity index (χ0) is 18.1. The van der Waals surface area contributed by atoms with E-state index in [1.807, 2.05) is 0 Å². The summed E-state index contributed by atoms with van der Waals surface area (Å²) in [7, 11) is -3.46. The zero-order valence-electron chi connectivity index (χ0n) is 13.9. The van der Waals surface area contributed by atoms with Gasteiger partial charge in [-0.25, -0.2) is 8.42 Å². The molecule has 0 bridgehead atoms. The molecule has 0 unspecified atom stereocenters.